The highest BCUT2D eigenvalue weighted by atomic mass is 16.5. The van der Waals surface area contributed by atoms with Crippen LogP contribution in [0.25, 0.3) is 0 Å². The fourth-order valence-electron chi connectivity index (χ4n) is 3.14. The number of hydrogen-bond donors (Lipinski definition) is 2. The summed E-state index contributed by atoms with van der Waals surface area (Å²) >= 11 is 0. The van der Waals surface area contributed by atoms with Crippen LogP contribution in [0.15, 0.2) is 4.99 Å². The lowest BCUT2D eigenvalue weighted by Gasteiger charge is -2.41. The SMILES string of the molecule is CCNC(=NCC(=O)N1CCCC1)NCC(C)(C)N1CCOCC1. The molecule has 138 valence electrons. The second-order valence-corrected chi connectivity index (χ2v) is 7.05. The highest BCUT2D eigenvalue weighted by Gasteiger charge is 2.28. The molecule has 2 rings (SSSR count). The predicted octanol–water partition coefficient (Wildman–Crippen LogP) is 0.275. The number of amides is 1. The monoisotopic (exact) mass is 339 g/mol. The number of aliphatic imine (C=N–C) groups is 1. The molecule has 0 bridgehead atoms. The highest BCUT2D eigenvalue weighted by molar-refractivity contribution is 5.85. The van der Waals surface area contributed by atoms with Crippen molar-refractivity contribution in [3.8, 4) is 0 Å². The molecule has 0 aromatic carbocycles. The molecule has 0 saturated carbocycles. The maximum absolute atomic E-state index is 12.1. The molecule has 0 unspecified atom stereocenters. The fraction of sp³-hybridized carbons (Fsp3) is 0.882. The zero-order valence-electron chi connectivity index (χ0n) is 15.4. The molecule has 1 amide bonds. The van der Waals surface area contributed by atoms with Gasteiger partial charge in [0, 0.05) is 44.8 Å². The average Bonchev–Trinajstić information content (AvgIpc) is 3.12. The van der Waals surface area contributed by atoms with Crippen molar-refractivity contribution in [1.29, 1.82) is 0 Å². The number of morpholine rings is 1. The first-order valence-corrected chi connectivity index (χ1v) is 9.15. The number of carbonyl (C=O) groups excluding carboxylic acids is 1. The summed E-state index contributed by atoms with van der Waals surface area (Å²) < 4.78 is 5.43. The summed E-state index contributed by atoms with van der Waals surface area (Å²) in [6, 6.07) is 0. The lowest BCUT2D eigenvalue weighted by Crippen LogP contribution is -2.56. The van der Waals surface area contributed by atoms with E-state index in [0.717, 1.165) is 65.3 Å². The van der Waals surface area contributed by atoms with E-state index in [1.54, 1.807) is 0 Å². The average molecular weight is 339 g/mol. The first-order valence-electron chi connectivity index (χ1n) is 9.15. The Hall–Kier alpha value is -1.34. The summed E-state index contributed by atoms with van der Waals surface area (Å²) in [6.07, 6.45) is 2.23. The summed E-state index contributed by atoms with van der Waals surface area (Å²) in [5.41, 5.74) is 0.0128. The van der Waals surface area contributed by atoms with Crippen molar-refractivity contribution < 1.29 is 9.53 Å². The van der Waals surface area contributed by atoms with Gasteiger partial charge in [-0.05, 0) is 33.6 Å². The van der Waals surface area contributed by atoms with Gasteiger partial charge in [0.1, 0.15) is 6.54 Å². The van der Waals surface area contributed by atoms with E-state index in [9.17, 15) is 4.79 Å². The van der Waals surface area contributed by atoms with E-state index in [0.29, 0.717) is 5.96 Å². The molecule has 2 heterocycles. The third-order valence-corrected chi connectivity index (χ3v) is 4.73. The molecule has 2 fully saturated rings. The van der Waals surface area contributed by atoms with Crippen molar-refractivity contribution in [3.05, 3.63) is 0 Å². The molecule has 0 aliphatic carbocycles. The van der Waals surface area contributed by atoms with Crippen LogP contribution >= 0.6 is 0 Å². The van der Waals surface area contributed by atoms with Crippen molar-refractivity contribution in [2.75, 3.05) is 59.0 Å². The van der Waals surface area contributed by atoms with Gasteiger partial charge in [0.05, 0.1) is 13.2 Å². The Morgan fingerprint density at radius 1 is 1.12 bits per heavy atom. The number of rotatable bonds is 6. The normalized spacial score (nSPS) is 20.3. The Labute approximate surface area is 145 Å². The van der Waals surface area contributed by atoms with Crippen LogP contribution in [-0.4, -0.2) is 86.2 Å². The van der Waals surface area contributed by atoms with Crippen LogP contribution in [0.4, 0.5) is 0 Å². The summed E-state index contributed by atoms with van der Waals surface area (Å²) in [7, 11) is 0. The Bertz CT molecular complexity index is 427. The summed E-state index contributed by atoms with van der Waals surface area (Å²) in [5, 5.41) is 6.62. The first-order chi connectivity index (χ1) is 11.5. The van der Waals surface area contributed by atoms with Gasteiger partial charge in [-0.3, -0.25) is 9.69 Å². The number of likely N-dealkylation sites (tertiary alicyclic amines) is 1. The topological polar surface area (TPSA) is 69.2 Å². The molecule has 7 heteroatoms. The van der Waals surface area contributed by atoms with Crippen LogP contribution in [-0.2, 0) is 9.53 Å². The smallest absolute Gasteiger partial charge is 0.244 e. The van der Waals surface area contributed by atoms with E-state index in [2.05, 4.69) is 34.4 Å². The van der Waals surface area contributed by atoms with Gasteiger partial charge in [0.2, 0.25) is 5.91 Å². The number of carbonyl (C=O) groups is 1. The molecule has 24 heavy (non-hydrogen) atoms. The molecule has 2 saturated heterocycles. The van der Waals surface area contributed by atoms with Crippen molar-refractivity contribution >= 4 is 11.9 Å². The maximum Gasteiger partial charge on any atom is 0.244 e. The molecular weight excluding hydrogens is 306 g/mol. The van der Waals surface area contributed by atoms with Gasteiger partial charge in [-0.25, -0.2) is 4.99 Å². The lowest BCUT2D eigenvalue weighted by molar-refractivity contribution is -0.128. The van der Waals surface area contributed by atoms with Crippen LogP contribution in [0.3, 0.4) is 0 Å². The van der Waals surface area contributed by atoms with E-state index in [1.165, 1.54) is 0 Å². The zero-order chi connectivity index (χ0) is 17.4. The Morgan fingerprint density at radius 2 is 1.79 bits per heavy atom. The minimum atomic E-state index is 0.0128. The molecule has 7 nitrogen and oxygen atoms in total. The van der Waals surface area contributed by atoms with Gasteiger partial charge >= 0.3 is 0 Å². The van der Waals surface area contributed by atoms with Crippen molar-refractivity contribution in [1.82, 2.24) is 20.4 Å². The second-order valence-electron chi connectivity index (χ2n) is 7.05. The van der Waals surface area contributed by atoms with E-state index in [4.69, 9.17) is 4.74 Å². The molecule has 0 aromatic rings. The molecule has 0 spiro atoms. The number of guanidine groups is 1. The maximum atomic E-state index is 12.1. The zero-order valence-corrected chi connectivity index (χ0v) is 15.4. The standard InChI is InChI=1S/C17H33N5O2/c1-4-18-16(19-13-15(23)21-7-5-6-8-21)20-14-17(2,3)22-9-11-24-12-10-22/h4-14H2,1-3H3,(H2,18,19,20). The Morgan fingerprint density at radius 3 is 2.42 bits per heavy atom. The predicted molar refractivity (Wildman–Crippen MR) is 96.3 cm³/mol. The van der Waals surface area contributed by atoms with Crippen LogP contribution in [0.1, 0.15) is 33.6 Å². The lowest BCUT2D eigenvalue weighted by atomic mass is 10.0. The second kappa shape index (κ2) is 9.22. The number of hydrogen-bond acceptors (Lipinski definition) is 4. The molecule has 2 N–H and O–H groups in total. The van der Waals surface area contributed by atoms with Gasteiger partial charge in [0.15, 0.2) is 5.96 Å². The molecule has 0 radical (unpaired) electrons. The minimum absolute atomic E-state index is 0.0128. The van der Waals surface area contributed by atoms with Crippen LogP contribution in [0.2, 0.25) is 0 Å². The number of ether oxygens (including phenoxy) is 1. The van der Waals surface area contributed by atoms with Crippen molar-refractivity contribution in [3.63, 3.8) is 0 Å². The van der Waals surface area contributed by atoms with Crippen LogP contribution in [0, 0.1) is 0 Å². The summed E-state index contributed by atoms with van der Waals surface area (Å²) in [4.78, 5) is 21.0. The first kappa shape index (κ1) is 19.0. The Kier molecular flexibility index (Phi) is 7.30. The Balaban J connectivity index is 1.84. The quantitative estimate of drug-likeness (QED) is 0.537. The van der Waals surface area contributed by atoms with Crippen LogP contribution < -0.4 is 10.6 Å². The van der Waals surface area contributed by atoms with Gasteiger partial charge < -0.3 is 20.3 Å². The van der Waals surface area contributed by atoms with Gasteiger partial charge in [-0.1, -0.05) is 0 Å². The van der Waals surface area contributed by atoms with Gasteiger partial charge in [-0.15, -0.1) is 0 Å². The van der Waals surface area contributed by atoms with Gasteiger partial charge in [0.25, 0.3) is 0 Å². The largest absolute Gasteiger partial charge is 0.379 e. The molecule has 0 aromatic heterocycles. The third-order valence-electron chi connectivity index (χ3n) is 4.73. The van der Waals surface area contributed by atoms with Crippen molar-refractivity contribution in [2.24, 2.45) is 4.99 Å². The van der Waals surface area contributed by atoms with Gasteiger partial charge in [-0.2, -0.15) is 0 Å². The third kappa shape index (κ3) is 5.63. The fourth-order valence-corrected chi connectivity index (χ4v) is 3.14. The highest BCUT2D eigenvalue weighted by Crippen LogP contribution is 2.15. The number of nitrogens with zero attached hydrogens (tertiary/aromatic N) is 3. The molecular formula is C17H33N5O2. The molecule has 0 atom stereocenters. The van der Waals surface area contributed by atoms with Crippen LogP contribution in [0.5, 0.6) is 0 Å². The summed E-state index contributed by atoms with van der Waals surface area (Å²) in [5.74, 6) is 0.837. The minimum Gasteiger partial charge on any atom is -0.379 e. The van der Waals surface area contributed by atoms with E-state index >= 15 is 0 Å². The number of nitrogens with one attached hydrogen (secondary N) is 2. The van der Waals surface area contributed by atoms with E-state index in [-0.39, 0.29) is 18.0 Å². The van der Waals surface area contributed by atoms with E-state index in [1.807, 2.05) is 11.8 Å². The molecule has 2 aliphatic rings. The van der Waals surface area contributed by atoms with Crippen molar-refractivity contribution in [2.45, 2.75) is 39.2 Å². The van der Waals surface area contributed by atoms with E-state index < -0.39 is 0 Å². The molecule has 2 aliphatic heterocycles. The summed E-state index contributed by atoms with van der Waals surface area (Å²) in [6.45, 7) is 13.5.